The van der Waals surface area contributed by atoms with E-state index in [4.69, 9.17) is 29.6 Å². The second kappa shape index (κ2) is 5.23. The highest BCUT2D eigenvalue weighted by atomic mass is 35.5. The third kappa shape index (κ3) is 3.11. The van der Waals surface area contributed by atoms with Gasteiger partial charge in [0.1, 0.15) is 4.99 Å². The quantitative estimate of drug-likeness (QED) is 0.823. The standard InChI is InChI=1S/C13H17ClN2S/c1-8-2-3-9(6-8)16-10-4-5-11(13(15)17)12(14)7-10/h4-5,7-9,16H,2-3,6H2,1H3,(H2,15,17). The molecule has 2 atom stereocenters. The summed E-state index contributed by atoms with van der Waals surface area (Å²) in [7, 11) is 0. The Morgan fingerprint density at radius 2 is 2.24 bits per heavy atom. The Labute approximate surface area is 113 Å². The van der Waals surface area contributed by atoms with Gasteiger partial charge in [-0.3, -0.25) is 0 Å². The Hall–Kier alpha value is -0.800. The van der Waals surface area contributed by atoms with Gasteiger partial charge in [-0.1, -0.05) is 30.7 Å². The summed E-state index contributed by atoms with van der Waals surface area (Å²) in [5.74, 6) is 0.818. The molecule has 1 aromatic rings. The fraction of sp³-hybridized carbons (Fsp3) is 0.462. The summed E-state index contributed by atoms with van der Waals surface area (Å²) in [6.07, 6.45) is 3.76. The van der Waals surface area contributed by atoms with Crippen molar-refractivity contribution < 1.29 is 0 Å². The number of hydrogen-bond acceptors (Lipinski definition) is 2. The van der Waals surface area contributed by atoms with E-state index in [2.05, 4.69) is 12.2 Å². The molecule has 0 radical (unpaired) electrons. The van der Waals surface area contributed by atoms with Gasteiger partial charge >= 0.3 is 0 Å². The van der Waals surface area contributed by atoms with Crippen LogP contribution in [-0.4, -0.2) is 11.0 Å². The van der Waals surface area contributed by atoms with Gasteiger partial charge in [0.2, 0.25) is 0 Å². The van der Waals surface area contributed by atoms with Crippen LogP contribution < -0.4 is 11.1 Å². The zero-order chi connectivity index (χ0) is 12.4. The SMILES string of the molecule is CC1CCC(Nc2ccc(C(N)=S)c(Cl)c2)C1. The van der Waals surface area contributed by atoms with Crippen LogP contribution in [0.15, 0.2) is 18.2 Å². The van der Waals surface area contributed by atoms with E-state index in [1.165, 1.54) is 19.3 Å². The van der Waals surface area contributed by atoms with Gasteiger partial charge in [-0.15, -0.1) is 0 Å². The minimum atomic E-state index is 0.344. The van der Waals surface area contributed by atoms with Crippen molar-refractivity contribution in [3.8, 4) is 0 Å². The van der Waals surface area contributed by atoms with Crippen molar-refractivity contribution in [1.29, 1.82) is 0 Å². The Balaban J connectivity index is 2.07. The lowest BCUT2D eigenvalue weighted by Gasteiger charge is -2.15. The van der Waals surface area contributed by atoms with Crippen molar-refractivity contribution >= 4 is 34.5 Å². The molecule has 4 heteroatoms. The third-order valence-corrected chi connectivity index (χ3v) is 3.83. The minimum Gasteiger partial charge on any atom is -0.389 e. The molecule has 2 rings (SSSR count). The molecular formula is C13H17ClN2S. The zero-order valence-corrected chi connectivity index (χ0v) is 11.4. The molecule has 1 aromatic carbocycles. The largest absolute Gasteiger partial charge is 0.389 e. The summed E-state index contributed by atoms with van der Waals surface area (Å²) in [4.78, 5) is 0.344. The molecule has 0 aliphatic heterocycles. The molecule has 1 aliphatic rings. The maximum absolute atomic E-state index is 6.13. The van der Waals surface area contributed by atoms with Gasteiger partial charge < -0.3 is 11.1 Å². The maximum Gasteiger partial charge on any atom is 0.105 e. The van der Waals surface area contributed by atoms with Crippen LogP contribution >= 0.6 is 23.8 Å². The van der Waals surface area contributed by atoms with Crippen molar-refractivity contribution in [2.24, 2.45) is 11.7 Å². The average Bonchev–Trinajstić information content (AvgIpc) is 2.63. The second-order valence-corrected chi connectivity index (χ2v) is 5.67. The van der Waals surface area contributed by atoms with Crippen molar-refractivity contribution in [2.75, 3.05) is 5.32 Å². The van der Waals surface area contributed by atoms with E-state index in [1.54, 1.807) is 0 Å². The molecule has 17 heavy (non-hydrogen) atoms. The normalized spacial score (nSPS) is 23.6. The molecule has 2 nitrogen and oxygen atoms in total. The molecule has 0 amide bonds. The van der Waals surface area contributed by atoms with Gasteiger partial charge in [-0.2, -0.15) is 0 Å². The highest BCUT2D eigenvalue weighted by Crippen LogP contribution is 2.29. The maximum atomic E-state index is 6.13. The summed E-state index contributed by atoms with van der Waals surface area (Å²) >= 11 is 11.1. The first kappa shape index (κ1) is 12.7. The Morgan fingerprint density at radius 3 is 2.76 bits per heavy atom. The number of halogens is 1. The van der Waals surface area contributed by atoms with Crippen LogP contribution in [0.1, 0.15) is 31.7 Å². The van der Waals surface area contributed by atoms with Gasteiger partial charge in [0.05, 0.1) is 5.02 Å². The van der Waals surface area contributed by atoms with Gasteiger partial charge in [0.25, 0.3) is 0 Å². The number of hydrogen-bond donors (Lipinski definition) is 2. The van der Waals surface area contributed by atoms with Crippen molar-refractivity contribution in [1.82, 2.24) is 0 Å². The topological polar surface area (TPSA) is 38.0 Å². The molecule has 0 spiro atoms. The molecule has 0 saturated heterocycles. The predicted octanol–water partition coefficient (Wildman–Crippen LogP) is 3.57. The molecular weight excluding hydrogens is 252 g/mol. The van der Waals surface area contributed by atoms with Crippen LogP contribution in [0.2, 0.25) is 5.02 Å². The van der Waals surface area contributed by atoms with Crippen LogP contribution in [0.3, 0.4) is 0 Å². The lowest BCUT2D eigenvalue weighted by molar-refractivity contribution is 0.602. The van der Waals surface area contributed by atoms with Crippen molar-refractivity contribution in [3.05, 3.63) is 28.8 Å². The third-order valence-electron chi connectivity index (χ3n) is 3.30. The fourth-order valence-corrected chi connectivity index (χ4v) is 2.89. The predicted molar refractivity (Wildman–Crippen MR) is 77.8 cm³/mol. The Morgan fingerprint density at radius 1 is 1.47 bits per heavy atom. The monoisotopic (exact) mass is 268 g/mol. The minimum absolute atomic E-state index is 0.344. The van der Waals surface area contributed by atoms with E-state index in [9.17, 15) is 0 Å². The fourth-order valence-electron chi connectivity index (χ4n) is 2.38. The second-order valence-electron chi connectivity index (χ2n) is 4.82. The lowest BCUT2D eigenvalue weighted by atomic mass is 10.1. The van der Waals surface area contributed by atoms with Crippen LogP contribution in [0.5, 0.6) is 0 Å². The zero-order valence-electron chi connectivity index (χ0n) is 9.87. The summed E-state index contributed by atoms with van der Waals surface area (Å²) in [5.41, 5.74) is 7.37. The van der Waals surface area contributed by atoms with Crippen molar-refractivity contribution in [2.45, 2.75) is 32.2 Å². The molecule has 0 heterocycles. The summed E-state index contributed by atoms with van der Waals surface area (Å²) in [6.45, 7) is 2.30. The number of nitrogens with two attached hydrogens (primary N) is 1. The number of rotatable bonds is 3. The summed E-state index contributed by atoms with van der Waals surface area (Å²) in [5, 5.41) is 4.13. The molecule has 0 bridgehead atoms. The number of benzene rings is 1. The van der Waals surface area contributed by atoms with Crippen LogP contribution in [0.4, 0.5) is 5.69 Å². The first-order valence-electron chi connectivity index (χ1n) is 5.92. The van der Waals surface area contributed by atoms with Crippen LogP contribution in [0, 0.1) is 5.92 Å². The molecule has 1 aliphatic carbocycles. The van der Waals surface area contributed by atoms with Gasteiger partial charge in [0.15, 0.2) is 0 Å². The van der Waals surface area contributed by atoms with Gasteiger partial charge in [0, 0.05) is 17.3 Å². The summed E-state index contributed by atoms with van der Waals surface area (Å²) in [6, 6.07) is 6.34. The smallest absolute Gasteiger partial charge is 0.105 e. The van der Waals surface area contributed by atoms with E-state index in [0.29, 0.717) is 16.1 Å². The molecule has 0 aromatic heterocycles. The first-order valence-corrected chi connectivity index (χ1v) is 6.71. The lowest BCUT2D eigenvalue weighted by Crippen LogP contribution is -2.16. The number of nitrogens with one attached hydrogen (secondary N) is 1. The molecule has 92 valence electrons. The number of thiocarbonyl (C=S) groups is 1. The highest BCUT2D eigenvalue weighted by molar-refractivity contribution is 7.80. The highest BCUT2D eigenvalue weighted by Gasteiger charge is 2.21. The van der Waals surface area contributed by atoms with E-state index in [0.717, 1.165) is 17.2 Å². The molecule has 1 saturated carbocycles. The Kier molecular flexibility index (Phi) is 3.89. The molecule has 3 N–H and O–H groups in total. The Bertz CT molecular complexity index is 433. The van der Waals surface area contributed by atoms with E-state index in [1.807, 2.05) is 18.2 Å². The molecule has 1 fully saturated rings. The van der Waals surface area contributed by atoms with Crippen molar-refractivity contribution in [3.63, 3.8) is 0 Å². The molecule has 2 unspecified atom stereocenters. The van der Waals surface area contributed by atoms with E-state index < -0.39 is 0 Å². The van der Waals surface area contributed by atoms with Gasteiger partial charge in [-0.25, -0.2) is 0 Å². The van der Waals surface area contributed by atoms with Crippen LogP contribution in [-0.2, 0) is 0 Å². The van der Waals surface area contributed by atoms with Crippen LogP contribution in [0.25, 0.3) is 0 Å². The summed E-state index contributed by atoms with van der Waals surface area (Å²) < 4.78 is 0. The van der Waals surface area contributed by atoms with E-state index in [-0.39, 0.29) is 0 Å². The number of anilines is 1. The first-order chi connectivity index (χ1) is 8.06. The van der Waals surface area contributed by atoms with E-state index >= 15 is 0 Å². The average molecular weight is 269 g/mol. The van der Waals surface area contributed by atoms with Gasteiger partial charge in [-0.05, 0) is 43.4 Å².